The number of piperazine rings is 1. The zero-order chi connectivity index (χ0) is 15.2. The lowest BCUT2D eigenvalue weighted by Crippen LogP contribution is -2.74. The van der Waals surface area contributed by atoms with E-state index in [1.165, 1.54) is 19.1 Å². The van der Waals surface area contributed by atoms with Crippen LogP contribution in [0.4, 0.5) is 0 Å². The van der Waals surface area contributed by atoms with Gasteiger partial charge in [0.05, 0.1) is 6.04 Å². The predicted molar refractivity (Wildman–Crippen MR) is 86.1 cm³/mol. The molecule has 3 heteroatoms. The van der Waals surface area contributed by atoms with Gasteiger partial charge in [-0.1, -0.05) is 40.0 Å². The molecule has 0 amide bonds. The molecule has 118 valence electrons. The lowest BCUT2D eigenvalue weighted by molar-refractivity contribution is -0.120. The van der Waals surface area contributed by atoms with Crippen molar-refractivity contribution in [3.63, 3.8) is 0 Å². The summed E-state index contributed by atoms with van der Waals surface area (Å²) in [5.74, 6) is 0. The molecular formula is C17H34N2O. The van der Waals surface area contributed by atoms with E-state index < -0.39 is 0 Å². The first-order valence-electron chi connectivity index (χ1n) is 8.43. The van der Waals surface area contributed by atoms with Crippen molar-refractivity contribution in [2.24, 2.45) is 0 Å². The molecule has 1 aliphatic rings. The van der Waals surface area contributed by atoms with E-state index in [2.05, 4.69) is 44.8 Å². The highest BCUT2D eigenvalue weighted by Crippen LogP contribution is 2.34. The quantitative estimate of drug-likeness (QED) is 0.693. The summed E-state index contributed by atoms with van der Waals surface area (Å²) in [7, 11) is 0. The summed E-state index contributed by atoms with van der Waals surface area (Å²) in [6.45, 7) is 13.2. The lowest BCUT2D eigenvalue weighted by atomic mass is 9.76. The van der Waals surface area contributed by atoms with Gasteiger partial charge in [0.2, 0.25) is 0 Å². The van der Waals surface area contributed by atoms with E-state index in [4.69, 9.17) is 0 Å². The molecule has 1 N–H and O–H groups in total. The Balaban J connectivity index is 3.05. The third-order valence-electron chi connectivity index (χ3n) is 4.47. The van der Waals surface area contributed by atoms with Gasteiger partial charge in [0.15, 0.2) is 0 Å². The van der Waals surface area contributed by atoms with E-state index in [-0.39, 0.29) is 17.1 Å². The Morgan fingerprint density at radius 1 is 1.15 bits per heavy atom. The minimum atomic E-state index is -0.0409. The number of nitrogens with one attached hydrogen (secondary N) is 1. The van der Waals surface area contributed by atoms with Crippen molar-refractivity contribution >= 4 is 6.29 Å². The smallest absolute Gasteiger partial charge is 0.139 e. The predicted octanol–water partition coefficient (Wildman–Crippen LogP) is 3.38. The molecule has 3 nitrogen and oxygen atoms in total. The fourth-order valence-electron chi connectivity index (χ4n) is 3.98. The molecule has 0 aromatic rings. The van der Waals surface area contributed by atoms with E-state index in [1.54, 1.807) is 0 Å². The SMILES string of the molecule is CCCCN1CC(C)(C)NC(CCC)(CCC)C1C=O. The summed E-state index contributed by atoms with van der Waals surface area (Å²) in [6.07, 6.45) is 7.96. The van der Waals surface area contributed by atoms with Crippen LogP contribution in [0.3, 0.4) is 0 Å². The van der Waals surface area contributed by atoms with Crippen molar-refractivity contribution in [2.75, 3.05) is 13.1 Å². The molecule has 1 aliphatic heterocycles. The normalized spacial score (nSPS) is 25.6. The van der Waals surface area contributed by atoms with Gasteiger partial charge in [0, 0.05) is 17.6 Å². The Hall–Kier alpha value is -0.410. The van der Waals surface area contributed by atoms with Gasteiger partial charge in [0.1, 0.15) is 6.29 Å². The van der Waals surface area contributed by atoms with Crippen LogP contribution in [-0.4, -0.2) is 41.4 Å². The highest BCUT2D eigenvalue weighted by atomic mass is 16.1. The van der Waals surface area contributed by atoms with E-state index in [1.807, 2.05) is 0 Å². The maximum absolute atomic E-state index is 11.8. The van der Waals surface area contributed by atoms with E-state index in [0.717, 1.165) is 38.8 Å². The highest BCUT2D eigenvalue weighted by molar-refractivity contribution is 5.61. The number of hydrogen-bond donors (Lipinski definition) is 1. The summed E-state index contributed by atoms with van der Waals surface area (Å²) >= 11 is 0. The maximum Gasteiger partial charge on any atom is 0.139 e. The Labute approximate surface area is 125 Å². The Bertz CT molecular complexity index is 295. The molecule has 0 spiro atoms. The third kappa shape index (κ3) is 4.05. The van der Waals surface area contributed by atoms with Crippen LogP contribution in [0, 0.1) is 0 Å². The molecule has 1 saturated heterocycles. The first-order chi connectivity index (χ1) is 9.44. The van der Waals surface area contributed by atoms with E-state index >= 15 is 0 Å². The zero-order valence-corrected chi connectivity index (χ0v) is 14.2. The fourth-order valence-corrected chi connectivity index (χ4v) is 3.98. The largest absolute Gasteiger partial charge is 0.303 e. The summed E-state index contributed by atoms with van der Waals surface area (Å²) in [6, 6.07) is 0.0296. The van der Waals surface area contributed by atoms with Crippen LogP contribution in [0.5, 0.6) is 0 Å². The van der Waals surface area contributed by atoms with Gasteiger partial charge in [-0.3, -0.25) is 4.90 Å². The van der Waals surface area contributed by atoms with Crippen molar-refractivity contribution in [1.82, 2.24) is 10.2 Å². The first kappa shape index (κ1) is 17.6. The van der Waals surface area contributed by atoms with Crippen LogP contribution >= 0.6 is 0 Å². The van der Waals surface area contributed by atoms with Gasteiger partial charge in [0.25, 0.3) is 0 Å². The van der Waals surface area contributed by atoms with Crippen molar-refractivity contribution < 1.29 is 4.79 Å². The molecule has 1 fully saturated rings. The van der Waals surface area contributed by atoms with Crippen LogP contribution in [-0.2, 0) is 4.79 Å². The number of carbonyl (C=O) groups is 1. The molecule has 0 aromatic heterocycles. The Morgan fingerprint density at radius 3 is 2.20 bits per heavy atom. The summed E-state index contributed by atoms with van der Waals surface area (Å²) in [4.78, 5) is 14.3. The van der Waals surface area contributed by atoms with E-state index in [9.17, 15) is 4.79 Å². The first-order valence-corrected chi connectivity index (χ1v) is 8.43. The molecule has 1 heterocycles. The number of unbranched alkanes of at least 4 members (excludes halogenated alkanes) is 1. The average Bonchev–Trinajstić information content (AvgIpc) is 2.35. The molecule has 0 aromatic carbocycles. The average molecular weight is 282 g/mol. The van der Waals surface area contributed by atoms with Crippen LogP contribution < -0.4 is 5.32 Å². The number of rotatable bonds is 8. The van der Waals surface area contributed by atoms with Crippen molar-refractivity contribution in [3.05, 3.63) is 0 Å². The Morgan fingerprint density at radius 2 is 1.75 bits per heavy atom. The standard InChI is InChI=1S/C17H34N2O/c1-6-9-12-19-14-16(4,5)18-17(10-7-2,11-8-3)15(19)13-20/h13,15,18H,6-12,14H2,1-5H3. The minimum Gasteiger partial charge on any atom is -0.303 e. The van der Waals surface area contributed by atoms with Gasteiger partial charge >= 0.3 is 0 Å². The van der Waals surface area contributed by atoms with Crippen molar-refractivity contribution in [1.29, 1.82) is 0 Å². The van der Waals surface area contributed by atoms with Crippen LogP contribution in [0.2, 0.25) is 0 Å². The number of hydrogen-bond acceptors (Lipinski definition) is 3. The van der Waals surface area contributed by atoms with Gasteiger partial charge in [-0.2, -0.15) is 0 Å². The Kier molecular flexibility index (Phi) is 6.67. The molecular weight excluding hydrogens is 248 g/mol. The number of nitrogens with zero attached hydrogens (tertiary/aromatic N) is 1. The molecule has 1 rings (SSSR count). The second-order valence-electron chi connectivity index (χ2n) is 7.07. The summed E-state index contributed by atoms with van der Waals surface area (Å²) in [5.41, 5.74) is 0.0400. The van der Waals surface area contributed by atoms with Crippen LogP contribution in [0.1, 0.15) is 73.1 Å². The third-order valence-corrected chi connectivity index (χ3v) is 4.47. The highest BCUT2D eigenvalue weighted by Gasteiger charge is 2.48. The van der Waals surface area contributed by atoms with Crippen molar-refractivity contribution in [2.45, 2.75) is 90.3 Å². The molecule has 0 saturated carbocycles. The zero-order valence-electron chi connectivity index (χ0n) is 14.2. The van der Waals surface area contributed by atoms with Gasteiger partial charge in [-0.15, -0.1) is 0 Å². The number of carbonyl (C=O) groups excluding carboxylic acids is 1. The summed E-state index contributed by atoms with van der Waals surface area (Å²) < 4.78 is 0. The molecule has 1 unspecified atom stereocenters. The maximum atomic E-state index is 11.8. The van der Waals surface area contributed by atoms with E-state index in [0.29, 0.717) is 0 Å². The second kappa shape index (κ2) is 7.56. The molecule has 0 aliphatic carbocycles. The minimum absolute atomic E-state index is 0.0296. The fraction of sp³-hybridized carbons (Fsp3) is 0.941. The molecule has 20 heavy (non-hydrogen) atoms. The molecule has 1 atom stereocenters. The van der Waals surface area contributed by atoms with Crippen LogP contribution in [0.25, 0.3) is 0 Å². The topological polar surface area (TPSA) is 32.3 Å². The molecule has 0 radical (unpaired) electrons. The second-order valence-corrected chi connectivity index (χ2v) is 7.07. The van der Waals surface area contributed by atoms with Gasteiger partial charge in [-0.05, 0) is 39.7 Å². The lowest BCUT2D eigenvalue weighted by Gasteiger charge is -2.55. The monoisotopic (exact) mass is 282 g/mol. The summed E-state index contributed by atoms with van der Waals surface area (Å²) in [5, 5.41) is 3.84. The number of aldehydes is 1. The van der Waals surface area contributed by atoms with Gasteiger partial charge in [-0.25, -0.2) is 0 Å². The van der Waals surface area contributed by atoms with Gasteiger partial charge < -0.3 is 10.1 Å². The van der Waals surface area contributed by atoms with Crippen LogP contribution in [0.15, 0.2) is 0 Å². The molecule has 0 bridgehead atoms. The van der Waals surface area contributed by atoms with Crippen molar-refractivity contribution in [3.8, 4) is 0 Å².